The van der Waals surface area contributed by atoms with Gasteiger partial charge >= 0.3 is 0 Å². The highest BCUT2D eigenvalue weighted by Gasteiger charge is 2.48. The van der Waals surface area contributed by atoms with Crippen molar-refractivity contribution in [3.8, 4) is 0 Å². The maximum absolute atomic E-state index is 12.6. The average Bonchev–Trinajstić information content (AvgIpc) is 2.64. The number of hydrogen-bond donors (Lipinski definition) is 2. The second-order valence-corrected chi connectivity index (χ2v) is 6.83. The predicted octanol–water partition coefficient (Wildman–Crippen LogP) is -1.57. The van der Waals surface area contributed by atoms with Gasteiger partial charge in [-0.1, -0.05) is 0 Å². The monoisotopic (exact) mass is 301 g/mol. The van der Waals surface area contributed by atoms with E-state index in [9.17, 15) is 18.0 Å². The SMILES string of the molecule is Cn1cc(S(=O)(=O)N2CC(=O)NC(=O)C2(C)C)c(N)n1. The molecule has 10 heteroatoms. The lowest BCUT2D eigenvalue weighted by molar-refractivity contribution is -0.141. The molecule has 0 spiro atoms. The van der Waals surface area contributed by atoms with Gasteiger partial charge in [0.15, 0.2) is 5.82 Å². The number of amides is 2. The minimum atomic E-state index is -4.10. The lowest BCUT2D eigenvalue weighted by Gasteiger charge is -2.38. The zero-order valence-corrected chi connectivity index (χ0v) is 12.1. The van der Waals surface area contributed by atoms with Crippen molar-refractivity contribution in [2.45, 2.75) is 24.3 Å². The molecule has 0 bridgehead atoms. The van der Waals surface area contributed by atoms with Crippen LogP contribution in [0.4, 0.5) is 5.82 Å². The zero-order valence-electron chi connectivity index (χ0n) is 11.2. The minimum absolute atomic E-state index is 0.179. The van der Waals surface area contributed by atoms with Crippen LogP contribution in [0, 0.1) is 0 Å². The van der Waals surface area contributed by atoms with E-state index in [0.717, 1.165) is 4.31 Å². The van der Waals surface area contributed by atoms with Gasteiger partial charge in [0.2, 0.25) is 21.8 Å². The molecule has 1 aromatic rings. The fourth-order valence-corrected chi connectivity index (χ4v) is 3.75. The van der Waals surface area contributed by atoms with E-state index >= 15 is 0 Å². The van der Waals surface area contributed by atoms with E-state index in [1.807, 2.05) is 0 Å². The highest BCUT2D eigenvalue weighted by atomic mass is 32.2. The number of carbonyl (C=O) groups is 2. The first-order valence-electron chi connectivity index (χ1n) is 5.73. The van der Waals surface area contributed by atoms with Crippen LogP contribution in [0.15, 0.2) is 11.1 Å². The maximum atomic E-state index is 12.6. The third kappa shape index (κ3) is 2.06. The Labute approximate surface area is 115 Å². The smallest absolute Gasteiger partial charge is 0.249 e. The van der Waals surface area contributed by atoms with Crippen molar-refractivity contribution in [1.82, 2.24) is 19.4 Å². The number of hydrogen-bond acceptors (Lipinski definition) is 6. The van der Waals surface area contributed by atoms with Gasteiger partial charge in [-0.2, -0.15) is 9.40 Å². The number of nitrogen functional groups attached to an aromatic ring is 1. The first-order valence-corrected chi connectivity index (χ1v) is 7.17. The summed E-state index contributed by atoms with van der Waals surface area (Å²) in [6, 6.07) is 0. The Morgan fingerprint density at radius 2 is 2.00 bits per heavy atom. The number of anilines is 1. The Bertz CT molecular complexity index is 691. The summed E-state index contributed by atoms with van der Waals surface area (Å²) in [6.45, 7) is 2.38. The summed E-state index contributed by atoms with van der Waals surface area (Å²) in [5.74, 6) is -1.54. The van der Waals surface area contributed by atoms with Crippen molar-refractivity contribution < 1.29 is 18.0 Å². The molecular weight excluding hydrogens is 286 g/mol. The van der Waals surface area contributed by atoms with Crippen LogP contribution < -0.4 is 11.1 Å². The Hall–Kier alpha value is -1.94. The molecule has 0 radical (unpaired) electrons. The lowest BCUT2D eigenvalue weighted by Crippen LogP contribution is -2.65. The van der Waals surface area contributed by atoms with Crippen molar-refractivity contribution in [2.75, 3.05) is 12.3 Å². The quantitative estimate of drug-likeness (QED) is 0.635. The summed E-state index contributed by atoms with van der Waals surface area (Å²) in [5.41, 5.74) is 4.17. The van der Waals surface area contributed by atoms with Crippen LogP contribution in [0.25, 0.3) is 0 Å². The van der Waals surface area contributed by atoms with Gasteiger partial charge in [-0.25, -0.2) is 8.42 Å². The van der Waals surface area contributed by atoms with E-state index in [0.29, 0.717) is 0 Å². The third-order valence-corrected chi connectivity index (χ3v) is 5.15. The largest absolute Gasteiger partial charge is 0.381 e. The summed E-state index contributed by atoms with van der Waals surface area (Å²) >= 11 is 0. The molecule has 2 rings (SSSR count). The number of nitrogens with zero attached hydrogens (tertiary/aromatic N) is 3. The fourth-order valence-electron chi connectivity index (χ4n) is 1.95. The molecule has 0 unspecified atom stereocenters. The number of sulfonamides is 1. The van der Waals surface area contributed by atoms with Crippen molar-refractivity contribution >= 4 is 27.7 Å². The first-order chi connectivity index (χ1) is 9.06. The van der Waals surface area contributed by atoms with Gasteiger partial charge in [0.05, 0.1) is 6.54 Å². The number of imide groups is 1. The molecule has 1 aliphatic rings. The molecular formula is C10H15N5O4S. The van der Waals surface area contributed by atoms with Gasteiger partial charge in [-0.15, -0.1) is 0 Å². The van der Waals surface area contributed by atoms with Crippen molar-refractivity contribution in [1.29, 1.82) is 0 Å². The van der Waals surface area contributed by atoms with E-state index in [-0.39, 0.29) is 10.7 Å². The zero-order chi connectivity index (χ0) is 15.3. The molecule has 1 saturated heterocycles. The van der Waals surface area contributed by atoms with Crippen LogP contribution >= 0.6 is 0 Å². The molecule has 0 aliphatic carbocycles. The van der Waals surface area contributed by atoms with Crippen LogP contribution in [0.1, 0.15) is 13.8 Å². The van der Waals surface area contributed by atoms with Crippen LogP contribution in [-0.2, 0) is 26.7 Å². The van der Waals surface area contributed by atoms with E-state index in [1.165, 1.54) is 31.8 Å². The summed E-state index contributed by atoms with van der Waals surface area (Å²) in [6.07, 6.45) is 1.23. The minimum Gasteiger partial charge on any atom is -0.381 e. The highest BCUT2D eigenvalue weighted by molar-refractivity contribution is 7.89. The van der Waals surface area contributed by atoms with Gasteiger partial charge in [-0.05, 0) is 13.8 Å². The van der Waals surface area contributed by atoms with Crippen molar-refractivity contribution in [3.05, 3.63) is 6.20 Å². The van der Waals surface area contributed by atoms with Gasteiger partial charge in [0.1, 0.15) is 10.4 Å². The van der Waals surface area contributed by atoms with Gasteiger partial charge in [0.25, 0.3) is 0 Å². The van der Waals surface area contributed by atoms with Crippen LogP contribution in [-0.4, -0.2) is 46.4 Å². The lowest BCUT2D eigenvalue weighted by atomic mass is 10.0. The molecule has 20 heavy (non-hydrogen) atoms. The number of aromatic nitrogens is 2. The van der Waals surface area contributed by atoms with E-state index < -0.39 is 33.9 Å². The summed E-state index contributed by atoms with van der Waals surface area (Å²) < 4.78 is 27.3. The number of carbonyl (C=O) groups excluding carboxylic acids is 2. The van der Waals surface area contributed by atoms with Crippen molar-refractivity contribution in [2.24, 2.45) is 7.05 Å². The first kappa shape index (κ1) is 14.5. The Morgan fingerprint density at radius 1 is 1.40 bits per heavy atom. The highest BCUT2D eigenvalue weighted by Crippen LogP contribution is 2.29. The number of aryl methyl sites for hydroxylation is 1. The van der Waals surface area contributed by atoms with E-state index in [4.69, 9.17) is 5.73 Å². The summed E-state index contributed by atoms with van der Waals surface area (Å²) in [4.78, 5) is 23.0. The van der Waals surface area contributed by atoms with Crippen LogP contribution in [0.3, 0.4) is 0 Å². The van der Waals surface area contributed by atoms with Gasteiger partial charge < -0.3 is 5.73 Å². The van der Waals surface area contributed by atoms with E-state index in [2.05, 4.69) is 10.4 Å². The molecule has 3 N–H and O–H groups in total. The Balaban J connectivity index is 2.55. The molecule has 1 aliphatic heterocycles. The van der Waals surface area contributed by atoms with Crippen molar-refractivity contribution in [3.63, 3.8) is 0 Å². The number of nitrogens with one attached hydrogen (secondary N) is 1. The molecule has 1 aromatic heterocycles. The fraction of sp³-hybridized carbons (Fsp3) is 0.500. The Kier molecular flexibility index (Phi) is 3.10. The second-order valence-electron chi connectivity index (χ2n) is 5.00. The molecule has 2 amide bonds. The third-order valence-electron chi connectivity index (χ3n) is 3.11. The predicted molar refractivity (Wildman–Crippen MR) is 68.7 cm³/mol. The van der Waals surface area contributed by atoms with Crippen LogP contribution in [0.2, 0.25) is 0 Å². The molecule has 1 fully saturated rings. The molecule has 2 heterocycles. The Morgan fingerprint density at radius 3 is 2.50 bits per heavy atom. The van der Waals surface area contributed by atoms with E-state index in [1.54, 1.807) is 0 Å². The molecule has 9 nitrogen and oxygen atoms in total. The molecule has 0 aromatic carbocycles. The summed E-state index contributed by atoms with van der Waals surface area (Å²) in [5, 5.41) is 5.87. The molecule has 110 valence electrons. The maximum Gasteiger partial charge on any atom is 0.249 e. The average molecular weight is 301 g/mol. The normalized spacial score (nSPS) is 19.9. The topological polar surface area (TPSA) is 127 Å². The van der Waals surface area contributed by atoms with Gasteiger partial charge in [0, 0.05) is 13.2 Å². The number of rotatable bonds is 2. The standard InChI is InChI=1S/C10H15N5O4S/c1-10(2)9(17)12-7(16)5-15(10)20(18,19)6-4-14(3)13-8(6)11/h4H,5H2,1-3H3,(H2,11,13)(H,12,16,17). The molecule has 0 saturated carbocycles. The number of piperazine rings is 1. The van der Waals surface area contributed by atoms with Crippen LogP contribution in [0.5, 0.6) is 0 Å². The van der Waals surface area contributed by atoms with Gasteiger partial charge in [-0.3, -0.25) is 19.6 Å². The second kappa shape index (κ2) is 4.28. The molecule has 0 atom stereocenters. The summed E-state index contributed by atoms with van der Waals surface area (Å²) in [7, 11) is -2.58. The number of nitrogens with two attached hydrogens (primary N) is 1.